The molecule has 0 heterocycles. The molecule has 0 atom stereocenters. The van der Waals surface area contributed by atoms with Crippen molar-refractivity contribution in [1.82, 2.24) is 0 Å². The molecule has 0 radical (unpaired) electrons. The van der Waals surface area contributed by atoms with Gasteiger partial charge < -0.3 is 4.74 Å². The van der Waals surface area contributed by atoms with Crippen molar-refractivity contribution in [2.75, 3.05) is 0 Å². The molecule has 1 aliphatic rings. The Hall–Kier alpha value is -1.90. The van der Waals surface area contributed by atoms with Gasteiger partial charge in [0.1, 0.15) is 5.75 Å². The van der Waals surface area contributed by atoms with Gasteiger partial charge in [0.25, 0.3) is 0 Å². The van der Waals surface area contributed by atoms with Crippen LogP contribution >= 0.6 is 0 Å². The monoisotopic (exact) mass is 400 g/mol. The van der Waals surface area contributed by atoms with Gasteiger partial charge in [0, 0.05) is 0 Å². The summed E-state index contributed by atoms with van der Waals surface area (Å²) in [7, 11) is 0. The van der Waals surface area contributed by atoms with Crippen molar-refractivity contribution in [3.63, 3.8) is 0 Å². The highest BCUT2D eigenvalue weighted by molar-refractivity contribution is 5.64. The highest BCUT2D eigenvalue weighted by Crippen LogP contribution is 2.38. The van der Waals surface area contributed by atoms with E-state index in [2.05, 4.69) is 35.9 Å². The lowest BCUT2D eigenvalue weighted by molar-refractivity contribution is -0.0498. The summed E-state index contributed by atoms with van der Waals surface area (Å²) in [5, 5.41) is 0. The molecule has 1 fully saturated rings. The van der Waals surface area contributed by atoms with Gasteiger partial charge in [0.2, 0.25) is 0 Å². The average molecular weight is 401 g/mol. The highest BCUT2D eigenvalue weighted by Gasteiger charge is 2.22. The molecule has 1 nitrogen and oxygen atoms in total. The molecule has 2 aromatic carbocycles. The van der Waals surface area contributed by atoms with Crippen LogP contribution in [0.15, 0.2) is 48.5 Å². The zero-order valence-electron chi connectivity index (χ0n) is 17.6. The summed E-state index contributed by atoms with van der Waals surface area (Å²) < 4.78 is 29.0. The first-order valence-corrected chi connectivity index (χ1v) is 11.3. The summed E-state index contributed by atoms with van der Waals surface area (Å²) in [5.74, 6) is 1.81. The Labute approximate surface area is 174 Å². The SMILES string of the molecule is CCCCCCCC1CCC(c2ccc(-c3ccc(OC(F)F)cc3)cc2)CC1. The molecule has 158 valence electrons. The molecule has 0 aliphatic heterocycles. The van der Waals surface area contributed by atoms with Crippen molar-refractivity contribution in [3.05, 3.63) is 54.1 Å². The minimum Gasteiger partial charge on any atom is -0.435 e. The van der Waals surface area contributed by atoms with Crippen molar-refractivity contribution in [3.8, 4) is 16.9 Å². The van der Waals surface area contributed by atoms with E-state index in [1.165, 1.54) is 69.8 Å². The van der Waals surface area contributed by atoms with E-state index in [9.17, 15) is 8.78 Å². The molecule has 0 unspecified atom stereocenters. The number of rotatable bonds is 10. The summed E-state index contributed by atoms with van der Waals surface area (Å²) >= 11 is 0. The van der Waals surface area contributed by atoms with Crippen LogP contribution in [-0.4, -0.2) is 6.61 Å². The molecule has 0 N–H and O–H groups in total. The summed E-state index contributed by atoms with van der Waals surface area (Å²) in [6, 6.07) is 15.6. The first-order valence-electron chi connectivity index (χ1n) is 11.3. The third-order valence-electron chi connectivity index (χ3n) is 6.36. The Morgan fingerprint density at radius 1 is 0.793 bits per heavy atom. The lowest BCUT2D eigenvalue weighted by Crippen LogP contribution is -2.13. The summed E-state index contributed by atoms with van der Waals surface area (Å²) in [6.07, 6.45) is 13.7. The number of hydrogen-bond donors (Lipinski definition) is 0. The Kier molecular flexibility index (Phi) is 8.52. The number of ether oxygens (including phenoxy) is 1. The van der Waals surface area contributed by atoms with Gasteiger partial charge in [-0.05, 0) is 66.3 Å². The number of hydrogen-bond acceptors (Lipinski definition) is 1. The Bertz CT molecular complexity index is 700. The van der Waals surface area contributed by atoms with Crippen LogP contribution in [0.4, 0.5) is 8.78 Å². The van der Waals surface area contributed by atoms with Crippen LogP contribution in [0.1, 0.15) is 82.6 Å². The minimum absolute atomic E-state index is 0.197. The Morgan fingerprint density at radius 3 is 1.97 bits per heavy atom. The fourth-order valence-corrected chi connectivity index (χ4v) is 4.60. The van der Waals surface area contributed by atoms with E-state index in [1.54, 1.807) is 12.1 Å². The van der Waals surface area contributed by atoms with Crippen LogP contribution in [0.5, 0.6) is 5.75 Å². The first-order chi connectivity index (χ1) is 14.2. The zero-order chi connectivity index (χ0) is 20.5. The van der Waals surface area contributed by atoms with Crippen LogP contribution in [0.3, 0.4) is 0 Å². The van der Waals surface area contributed by atoms with Crippen LogP contribution in [-0.2, 0) is 0 Å². The second-order valence-corrected chi connectivity index (χ2v) is 8.45. The van der Waals surface area contributed by atoms with Gasteiger partial charge in [-0.15, -0.1) is 0 Å². The normalized spacial score (nSPS) is 19.4. The van der Waals surface area contributed by atoms with Crippen molar-refractivity contribution in [1.29, 1.82) is 0 Å². The third kappa shape index (κ3) is 6.83. The topological polar surface area (TPSA) is 9.23 Å². The summed E-state index contributed by atoms with van der Waals surface area (Å²) in [4.78, 5) is 0. The van der Waals surface area contributed by atoms with Gasteiger partial charge in [-0.25, -0.2) is 0 Å². The number of unbranched alkanes of at least 4 members (excludes halogenated alkanes) is 4. The van der Waals surface area contributed by atoms with E-state index in [1.807, 2.05) is 12.1 Å². The maximum absolute atomic E-state index is 12.3. The number of benzene rings is 2. The minimum atomic E-state index is -2.78. The molecule has 3 rings (SSSR count). The van der Waals surface area contributed by atoms with Crippen LogP contribution in [0.2, 0.25) is 0 Å². The molecule has 3 heteroatoms. The van der Waals surface area contributed by atoms with Gasteiger partial charge >= 0.3 is 6.61 Å². The lowest BCUT2D eigenvalue weighted by atomic mass is 9.77. The van der Waals surface area contributed by atoms with Crippen molar-refractivity contribution in [2.24, 2.45) is 5.92 Å². The predicted octanol–water partition coefficient (Wildman–Crippen LogP) is 8.59. The third-order valence-corrected chi connectivity index (χ3v) is 6.36. The predicted molar refractivity (Wildman–Crippen MR) is 117 cm³/mol. The van der Waals surface area contributed by atoms with Gasteiger partial charge in [0.15, 0.2) is 0 Å². The number of alkyl halides is 2. The molecule has 29 heavy (non-hydrogen) atoms. The molecule has 1 aliphatic carbocycles. The fraction of sp³-hybridized carbons (Fsp3) is 0.538. The van der Waals surface area contributed by atoms with Crippen molar-refractivity contribution >= 4 is 0 Å². The first kappa shape index (κ1) is 21.8. The molecular formula is C26H34F2O. The van der Waals surface area contributed by atoms with E-state index in [0.717, 1.165) is 17.0 Å². The largest absolute Gasteiger partial charge is 0.435 e. The van der Waals surface area contributed by atoms with Crippen molar-refractivity contribution < 1.29 is 13.5 Å². The highest BCUT2D eigenvalue weighted by atomic mass is 19.3. The zero-order valence-corrected chi connectivity index (χ0v) is 17.6. The van der Waals surface area contributed by atoms with E-state index < -0.39 is 6.61 Å². The van der Waals surface area contributed by atoms with Gasteiger partial charge in [0.05, 0.1) is 0 Å². The van der Waals surface area contributed by atoms with Gasteiger partial charge in [-0.1, -0.05) is 81.8 Å². The van der Waals surface area contributed by atoms with Crippen LogP contribution < -0.4 is 4.74 Å². The molecule has 0 amide bonds. The quantitative estimate of drug-likeness (QED) is 0.363. The maximum atomic E-state index is 12.3. The Morgan fingerprint density at radius 2 is 1.38 bits per heavy atom. The van der Waals surface area contributed by atoms with E-state index >= 15 is 0 Å². The molecule has 0 saturated heterocycles. The van der Waals surface area contributed by atoms with Gasteiger partial charge in [-0.3, -0.25) is 0 Å². The standard InChI is InChI=1S/C26H34F2O/c1-2-3-4-5-6-7-20-8-10-21(11-9-20)22-12-14-23(15-13-22)24-16-18-25(19-17-24)29-26(27)28/h12-21,26H,2-11H2,1H3. The van der Waals surface area contributed by atoms with Crippen LogP contribution in [0, 0.1) is 5.92 Å². The van der Waals surface area contributed by atoms with Crippen LogP contribution in [0.25, 0.3) is 11.1 Å². The average Bonchev–Trinajstić information content (AvgIpc) is 2.74. The van der Waals surface area contributed by atoms with Gasteiger partial charge in [-0.2, -0.15) is 8.78 Å². The maximum Gasteiger partial charge on any atom is 0.387 e. The lowest BCUT2D eigenvalue weighted by Gasteiger charge is -2.29. The molecule has 0 spiro atoms. The van der Waals surface area contributed by atoms with E-state index in [0.29, 0.717) is 5.92 Å². The molecule has 2 aromatic rings. The second-order valence-electron chi connectivity index (χ2n) is 8.45. The Balaban J connectivity index is 1.47. The van der Waals surface area contributed by atoms with E-state index in [4.69, 9.17) is 0 Å². The smallest absolute Gasteiger partial charge is 0.387 e. The second kappa shape index (κ2) is 11.3. The van der Waals surface area contributed by atoms with E-state index in [-0.39, 0.29) is 5.75 Å². The molecule has 0 bridgehead atoms. The summed E-state index contributed by atoms with van der Waals surface area (Å²) in [6.45, 7) is -0.508. The number of halogens is 2. The summed E-state index contributed by atoms with van der Waals surface area (Å²) in [5.41, 5.74) is 3.57. The molecule has 0 aromatic heterocycles. The molecule has 1 saturated carbocycles. The molecular weight excluding hydrogens is 366 g/mol. The van der Waals surface area contributed by atoms with Crippen molar-refractivity contribution in [2.45, 2.75) is 83.7 Å². The fourth-order valence-electron chi connectivity index (χ4n) is 4.60.